The topological polar surface area (TPSA) is 46.5 Å². The van der Waals surface area contributed by atoms with Gasteiger partial charge in [-0.05, 0) is 37.0 Å². The highest BCUT2D eigenvalue weighted by Gasteiger charge is 2.16. The summed E-state index contributed by atoms with van der Waals surface area (Å²) < 4.78 is 5.69. The molecule has 0 radical (unpaired) electrons. The minimum absolute atomic E-state index is 0.0702. The van der Waals surface area contributed by atoms with Gasteiger partial charge in [0.2, 0.25) is 0 Å². The quantitative estimate of drug-likeness (QED) is 0.889. The Morgan fingerprint density at radius 3 is 2.56 bits per heavy atom. The summed E-state index contributed by atoms with van der Waals surface area (Å²) in [5, 5.41) is 9.57. The van der Waals surface area contributed by atoms with Crippen LogP contribution in [0.2, 0.25) is 5.02 Å². The van der Waals surface area contributed by atoms with Crippen LogP contribution in [-0.2, 0) is 11.2 Å². The summed E-state index contributed by atoms with van der Waals surface area (Å²) in [6.07, 6.45) is -0.0702. The summed E-state index contributed by atoms with van der Waals surface area (Å²) in [5.41, 5.74) is 2.36. The monoisotopic (exact) mass is 270 g/mol. The number of carboxylic acids is 1. The number of halogens is 1. The molecule has 18 heavy (non-hydrogen) atoms. The second kappa shape index (κ2) is 6.10. The Morgan fingerprint density at radius 1 is 1.44 bits per heavy atom. The molecule has 3 nitrogen and oxygen atoms in total. The highest BCUT2D eigenvalue weighted by molar-refractivity contribution is 6.32. The van der Waals surface area contributed by atoms with E-state index >= 15 is 0 Å². The Balaban J connectivity index is 3.16. The number of carboxylic acid groups (broad SMARTS) is 1. The van der Waals surface area contributed by atoms with Gasteiger partial charge in [0.25, 0.3) is 0 Å². The van der Waals surface area contributed by atoms with Gasteiger partial charge in [0, 0.05) is 10.6 Å². The lowest BCUT2D eigenvalue weighted by Gasteiger charge is -2.17. The predicted octanol–water partition coefficient (Wildman–Crippen LogP) is 3.62. The summed E-state index contributed by atoms with van der Waals surface area (Å²) in [6, 6.07) is 1.82. The van der Waals surface area contributed by atoms with Crippen molar-refractivity contribution < 1.29 is 14.6 Å². The zero-order valence-corrected chi connectivity index (χ0v) is 12.0. The first kappa shape index (κ1) is 14.8. The molecule has 1 N–H and O–H groups in total. The van der Waals surface area contributed by atoms with Crippen LogP contribution in [0.25, 0.3) is 0 Å². The molecular formula is C14H19ClO3. The van der Waals surface area contributed by atoms with Crippen LogP contribution in [0.3, 0.4) is 0 Å². The van der Waals surface area contributed by atoms with Gasteiger partial charge in [0.1, 0.15) is 5.75 Å². The average Bonchev–Trinajstić information content (AvgIpc) is 2.27. The molecule has 0 aliphatic rings. The lowest BCUT2D eigenvalue weighted by Crippen LogP contribution is -2.10. The van der Waals surface area contributed by atoms with E-state index in [1.807, 2.05) is 33.8 Å². The molecular weight excluding hydrogens is 252 g/mol. The van der Waals surface area contributed by atoms with Gasteiger partial charge in [-0.3, -0.25) is 4.79 Å². The molecule has 100 valence electrons. The second-order valence-corrected chi connectivity index (χ2v) is 5.26. The van der Waals surface area contributed by atoms with Crippen molar-refractivity contribution in [2.75, 3.05) is 6.61 Å². The van der Waals surface area contributed by atoms with Crippen LogP contribution < -0.4 is 4.74 Å². The van der Waals surface area contributed by atoms with E-state index in [-0.39, 0.29) is 6.42 Å². The van der Waals surface area contributed by atoms with Crippen LogP contribution in [0.15, 0.2) is 6.07 Å². The molecule has 0 aliphatic carbocycles. The Labute approximate surface area is 113 Å². The first-order chi connectivity index (χ1) is 8.32. The molecule has 0 amide bonds. The maximum atomic E-state index is 10.9. The van der Waals surface area contributed by atoms with Gasteiger partial charge in [0.15, 0.2) is 0 Å². The third-order valence-electron chi connectivity index (χ3n) is 2.67. The SMILES string of the molecule is Cc1cc(OCC(C)C)c(CC(=O)O)c(C)c1Cl. The van der Waals surface area contributed by atoms with E-state index in [2.05, 4.69) is 0 Å². The third-order valence-corrected chi connectivity index (χ3v) is 3.25. The van der Waals surface area contributed by atoms with Crippen LogP contribution in [0, 0.1) is 19.8 Å². The highest BCUT2D eigenvalue weighted by Crippen LogP contribution is 2.32. The summed E-state index contributed by atoms with van der Waals surface area (Å²) in [7, 11) is 0. The molecule has 0 bridgehead atoms. The third kappa shape index (κ3) is 3.64. The van der Waals surface area contributed by atoms with Gasteiger partial charge < -0.3 is 9.84 Å². The first-order valence-electron chi connectivity index (χ1n) is 5.96. The normalized spacial score (nSPS) is 10.8. The van der Waals surface area contributed by atoms with Crippen molar-refractivity contribution in [2.45, 2.75) is 34.1 Å². The number of rotatable bonds is 5. The fourth-order valence-corrected chi connectivity index (χ4v) is 1.88. The van der Waals surface area contributed by atoms with Crippen molar-refractivity contribution in [3.63, 3.8) is 0 Å². The molecule has 1 aromatic carbocycles. The van der Waals surface area contributed by atoms with E-state index in [0.29, 0.717) is 28.9 Å². The molecule has 0 heterocycles. The van der Waals surface area contributed by atoms with Crippen molar-refractivity contribution in [3.8, 4) is 5.75 Å². The number of carbonyl (C=O) groups is 1. The van der Waals surface area contributed by atoms with Crippen molar-refractivity contribution in [3.05, 3.63) is 27.8 Å². The fraction of sp³-hybridized carbons (Fsp3) is 0.500. The van der Waals surface area contributed by atoms with Crippen LogP contribution >= 0.6 is 11.6 Å². The van der Waals surface area contributed by atoms with Crippen molar-refractivity contribution >= 4 is 17.6 Å². The maximum Gasteiger partial charge on any atom is 0.307 e. The van der Waals surface area contributed by atoms with Crippen LogP contribution in [-0.4, -0.2) is 17.7 Å². The minimum Gasteiger partial charge on any atom is -0.493 e. The van der Waals surface area contributed by atoms with E-state index in [1.165, 1.54) is 0 Å². The Hall–Kier alpha value is -1.22. The Kier molecular flexibility index (Phi) is 5.03. The van der Waals surface area contributed by atoms with Crippen molar-refractivity contribution in [2.24, 2.45) is 5.92 Å². The van der Waals surface area contributed by atoms with Gasteiger partial charge in [-0.2, -0.15) is 0 Å². The Morgan fingerprint density at radius 2 is 2.06 bits per heavy atom. The molecule has 0 saturated heterocycles. The molecule has 1 aromatic rings. The van der Waals surface area contributed by atoms with Gasteiger partial charge in [-0.25, -0.2) is 0 Å². The molecule has 0 aromatic heterocycles. The van der Waals surface area contributed by atoms with E-state index in [1.54, 1.807) is 0 Å². The lowest BCUT2D eigenvalue weighted by molar-refractivity contribution is -0.136. The highest BCUT2D eigenvalue weighted by atomic mass is 35.5. The fourth-order valence-electron chi connectivity index (χ4n) is 1.72. The lowest BCUT2D eigenvalue weighted by atomic mass is 10.0. The van der Waals surface area contributed by atoms with Gasteiger partial charge in [0.05, 0.1) is 13.0 Å². The number of aliphatic carboxylic acids is 1. The molecule has 0 unspecified atom stereocenters. The van der Waals surface area contributed by atoms with Crippen LogP contribution in [0.1, 0.15) is 30.5 Å². The standard InChI is InChI=1S/C14H19ClO3/c1-8(2)7-18-12-5-9(3)14(15)10(4)11(12)6-13(16)17/h5,8H,6-7H2,1-4H3,(H,16,17). The Bertz CT molecular complexity index is 453. The van der Waals surface area contributed by atoms with Crippen molar-refractivity contribution in [1.82, 2.24) is 0 Å². The van der Waals surface area contributed by atoms with Gasteiger partial charge in [-0.1, -0.05) is 25.4 Å². The first-order valence-corrected chi connectivity index (χ1v) is 6.33. The van der Waals surface area contributed by atoms with Crippen LogP contribution in [0.5, 0.6) is 5.75 Å². The van der Waals surface area contributed by atoms with E-state index in [0.717, 1.165) is 11.1 Å². The maximum absolute atomic E-state index is 10.9. The molecule has 0 saturated carbocycles. The summed E-state index contributed by atoms with van der Waals surface area (Å²) in [5.74, 6) is 0.136. The zero-order chi connectivity index (χ0) is 13.9. The predicted molar refractivity (Wildman–Crippen MR) is 72.6 cm³/mol. The summed E-state index contributed by atoms with van der Waals surface area (Å²) >= 11 is 6.15. The summed E-state index contributed by atoms with van der Waals surface area (Å²) in [6.45, 7) is 8.38. The second-order valence-electron chi connectivity index (χ2n) is 4.88. The van der Waals surface area contributed by atoms with Crippen LogP contribution in [0.4, 0.5) is 0 Å². The number of hydrogen-bond donors (Lipinski definition) is 1. The molecule has 0 atom stereocenters. The number of ether oxygens (including phenoxy) is 1. The van der Waals surface area contributed by atoms with Crippen molar-refractivity contribution in [1.29, 1.82) is 0 Å². The average molecular weight is 271 g/mol. The van der Waals surface area contributed by atoms with Gasteiger partial charge >= 0.3 is 5.97 Å². The van der Waals surface area contributed by atoms with E-state index < -0.39 is 5.97 Å². The number of aryl methyl sites for hydroxylation is 1. The minimum atomic E-state index is -0.882. The largest absolute Gasteiger partial charge is 0.493 e. The molecule has 0 spiro atoms. The molecule has 4 heteroatoms. The number of hydrogen-bond acceptors (Lipinski definition) is 2. The molecule has 0 aliphatic heterocycles. The molecule has 0 fully saturated rings. The van der Waals surface area contributed by atoms with Gasteiger partial charge in [-0.15, -0.1) is 0 Å². The van der Waals surface area contributed by atoms with E-state index in [9.17, 15) is 4.79 Å². The number of benzene rings is 1. The van der Waals surface area contributed by atoms with E-state index in [4.69, 9.17) is 21.4 Å². The summed E-state index contributed by atoms with van der Waals surface area (Å²) in [4.78, 5) is 10.9. The smallest absolute Gasteiger partial charge is 0.307 e. The zero-order valence-electron chi connectivity index (χ0n) is 11.2. The molecule has 1 rings (SSSR count).